The fourth-order valence-corrected chi connectivity index (χ4v) is 3.85. The zero-order valence-corrected chi connectivity index (χ0v) is 18.1. The lowest BCUT2D eigenvalue weighted by Crippen LogP contribution is -2.13. The highest BCUT2D eigenvalue weighted by Gasteiger charge is 2.19. The van der Waals surface area contributed by atoms with Crippen molar-refractivity contribution in [2.24, 2.45) is 0 Å². The van der Waals surface area contributed by atoms with Gasteiger partial charge in [-0.1, -0.05) is 48.0 Å². The molecule has 0 spiro atoms. The van der Waals surface area contributed by atoms with Crippen molar-refractivity contribution in [3.63, 3.8) is 0 Å². The van der Waals surface area contributed by atoms with Gasteiger partial charge in [-0.15, -0.1) is 0 Å². The fraction of sp³-hybridized carbons (Fsp3) is 0.160. The Morgan fingerprint density at radius 3 is 2.58 bits per heavy atom. The van der Waals surface area contributed by atoms with Gasteiger partial charge in [0.2, 0.25) is 0 Å². The summed E-state index contributed by atoms with van der Waals surface area (Å²) in [6.07, 6.45) is 0. The fourth-order valence-electron chi connectivity index (χ4n) is 3.70. The molecule has 1 N–H and O–H groups in total. The number of nitrogens with zero attached hydrogens (tertiary/aromatic N) is 2. The summed E-state index contributed by atoms with van der Waals surface area (Å²) in [6.45, 7) is 5.68. The van der Waals surface area contributed by atoms with Crippen LogP contribution in [-0.2, 0) is 0 Å². The van der Waals surface area contributed by atoms with Gasteiger partial charge in [0.15, 0.2) is 11.1 Å². The van der Waals surface area contributed by atoms with E-state index in [0.717, 1.165) is 16.7 Å². The van der Waals surface area contributed by atoms with E-state index >= 15 is 0 Å². The summed E-state index contributed by atoms with van der Waals surface area (Å²) in [4.78, 5) is 17.3. The van der Waals surface area contributed by atoms with Gasteiger partial charge >= 0.3 is 0 Å². The van der Waals surface area contributed by atoms with Crippen LogP contribution in [0.25, 0.3) is 22.3 Å². The summed E-state index contributed by atoms with van der Waals surface area (Å²) in [5, 5.41) is 13.5. The lowest BCUT2D eigenvalue weighted by molar-refractivity contribution is 0.605. The molecule has 0 aliphatic rings. The molecule has 0 unspecified atom stereocenters. The van der Waals surface area contributed by atoms with E-state index in [1.165, 1.54) is 0 Å². The van der Waals surface area contributed by atoms with E-state index in [-0.39, 0.29) is 22.3 Å². The highest BCUT2D eigenvalue weighted by atomic mass is 35.5. The normalized spacial score (nSPS) is 11.8. The van der Waals surface area contributed by atoms with Crippen molar-refractivity contribution < 1.29 is 4.42 Å². The van der Waals surface area contributed by atoms with Crippen LogP contribution in [-0.4, -0.2) is 4.98 Å². The van der Waals surface area contributed by atoms with Crippen molar-refractivity contribution in [3.8, 4) is 17.4 Å². The lowest BCUT2D eigenvalue weighted by Gasteiger charge is -2.19. The second-order valence-corrected chi connectivity index (χ2v) is 7.88. The van der Waals surface area contributed by atoms with E-state index in [0.29, 0.717) is 28.0 Å². The van der Waals surface area contributed by atoms with Crippen LogP contribution in [0.2, 0.25) is 5.15 Å². The van der Waals surface area contributed by atoms with Gasteiger partial charge in [0.1, 0.15) is 22.6 Å². The molecule has 0 aliphatic heterocycles. The van der Waals surface area contributed by atoms with E-state index in [4.69, 9.17) is 16.0 Å². The van der Waals surface area contributed by atoms with Crippen LogP contribution in [0.1, 0.15) is 35.3 Å². The maximum Gasteiger partial charge on any atom is 0.196 e. The second kappa shape index (κ2) is 8.25. The minimum absolute atomic E-state index is 0.0527. The van der Waals surface area contributed by atoms with Gasteiger partial charge in [-0.25, -0.2) is 4.98 Å². The van der Waals surface area contributed by atoms with Gasteiger partial charge in [0.05, 0.1) is 17.1 Å². The highest BCUT2D eigenvalue weighted by molar-refractivity contribution is 6.29. The molecule has 2 heterocycles. The molecule has 6 heteroatoms. The van der Waals surface area contributed by atoms with Crippen molar-refractivity contribution >= 4 is 28.3 Å². The summed E-state index contributed by atoms with van der Waals surface area (Å²) in [5.74, 6) is 0.557. The Bertz CT molecular complexity index is 1390. The van der Waals surface area contributed by atoms with Crippen molar-refractivity contribution in [3.05, 3.63) is 92.4 Å². The smallest absolute Gasteiger partial charge is 0.196 e. The Labute approximate surface area is 184 Å². The van der Waals surface area contributed by atoms with Crippen LogP contribution >= 0.6 is 11.6 Å². The second-order valence-electron chi connectivity index (χ2n) is 7.49. The molecule has 2 aromatic heterocycles. The van der Waals surface area contributed by atoms with Gasteiger partial charge in [0, 0.05) is 16.7 Å². The molecule has 5 nitrogen and oxygen atoms in total. The highest BCUT2D eigenvalue weighted by Crippen LogP contribution is 2.32. The largest absolute Gasteiger partial charge is 0.455 e. The summed E-state index contributed by atoms with van der Waals surface area (Å²) < 4.78 is 6.34. The minimum Gasteiger partial charge on any atom is -0.455 e. The Morgan fingerprint density at radius 2 is 1.87 bits per heavy atom. The third-order valence-electron chi connectivity index (χ3n) is 5.23. The first-order chi connectivity index (χ1) is 14.9. The maximum atomic E-state index is 13.2. The Hall–Kier alpha value is -3.62. The van der Waals surface area contributed by atoms with Crippen LogP contribution in [0.3, 0.4) is 0 Å². The topological polar surface area (TPSA) is 78.9 Å². The first-order valence-corrected chi connectivity index (χ1v) is 10.2. The number of nitrogens with one attached hydrogen (secondary N) is 1. The van der Waals surface area contributed by atoms with Gasteiger partial charge in [-0.05, 0) is 44.5 Å². The molecule has 0 bridgehead atoms. The lowest BCUT2D eigenvalue weighted by atomic mass is 9.98. The molecule has 4 rings (SSSR count). The molecule has 154 valence electrons. The molecule has 0 radical (unpaired) electrons. The number of nitriles is 1. The van der Waals surface area contributed by atoms with Crippen molar-refractivity contribution in [2.45, 2.75) is 26.8 Å². The average molecular weight is 430 g/mol. The quantitative estimate of drug-likeness (QED) is 0.392. The standard InChI is InChI=1S/C25H20ClN3O2/c1-14-11-18(16(3)28-20-9-10-22(26)29-21(20)13-27)25-19(12-14)23(30)15(2)24(31-25)17-7-5-4-6-8-17/h4-12,16,28H,1-3H3/t16-/m1/s1. The summed E-state index contributed by atoms with van der Waals surface area (Å²) >= 11 is 5.92. The maximum absolute atomic E-state index is 13.2. The first-order valence-electron chi connectivity index (χ1n) is 9.85. The monoisotopic (exact) mass is 429 g/mol. The van der Waals surface area contributed by atoms with Gasteiger partial charge in [-0.2, -0.15) is 5.26 Å². The summed E-state index contributed by atoms with van der Waals surface area (Å²) in [5.41, 5.74) is 4.44. The van der Waals surface area contributed by atoms with Crippen LogP contribution in [0.15, 0.2) is 63.8 Å². The molecule has 1 atom stereocenters. The number of rotatable bonds is 4. The number of anilines is 1. The van der Waals surface area contributed by atoms with Crippen molar-refractivity contribution in [1.29, 1.82) is 5.26 Å². The van der Waals surface area contributed by atoms with Gasteiger partial charge in [0.25, 0.3) is 0 Å². The molecule has 0 fully saturated rings. The predicted octanol–water partition coefficient (Wildman–Crippen LogP) is 6.17. The first kappa shape index (κ1) is 20.6. The third-order valence-corrected chi connectivity index (χ3v) is 5.44. The van der Waals surface area contributed by atoms with Gasteiger partial charge in [-0.3, -0.25) is 4.79 Å². The number of pyridine rings is 1. The number of hydrogen-bond acceptors (Lipinski definition) is 5. The van der Waals surface area contributed by atoms with E-state index < -0.39 is 0 Å². The predicted molar refractivity (Wildman–Crippen MR) is 123 cm³/mol. The Morgan fingerprint density at radius 1 is 1.13 bits per heavy atom. The zero-order valence-electron chi connectivity index (χ0n) is 17.4. The van der Waals surface area contributed by atoms with E-state index in [9.17, 15) is 10.1 Å². The average Bonchev–Trinajstić information content (AvgIpc) is 2.77. The number of benzene rings is 2. The molecule has 31 heavy (non-hydrogen) atoms. The number of aryl methyl sites for hydroxylation is 1. The van der Waals surface area contributed by atoms with Crippen LogP contribution in [0.4, 0.5) is 5.69 Å². The van der Waals surface area contributed by atoms with Crippen LogP contribution < -0.4 is 10.7 Å². The molecule has 4 aromatic rings. The van der Waals surface area contributed by atoms with E-state index in [1.807, 2.05) is 56.3 Å². The zero-order chi connectivity index (χ0) is 22.1. The molecule has 0 saturated heterocycles. The van der Waals surface area contributed by atoms with E-state index in [1.54, 1.807) is 19.1 Å². The molecular formula is C25H20ClN3O2. The molecule has 0 saturated carbocycles. The Balaban J connectivity index is 1.89. The SMILES string of the molecule is Cc1cc([C@@H](C)Nc2ccc(Cl)nc2C#N)c2oc(-c3ccccc3)c(C)c(=O)c2c1. The molecular weight excluding hydrogens is 410 g/mol. The molecule has 0 amide bonds. The van der Waals surface area contributed by atoms with Crippen LogP contribution in [0.5, 0.6) is 0 Å². The summed E-state index contributed by atoms with van der Waals surface area (Å²) in [6, 6.07) is 18.6. The van der Waals surface area contributed by atoms with Crippen molar-refractivity contribution in [2.75, 3.05) is 5.32 Å². The third kappa shape index (κ3) is 3.90. The Kier molecular flexibility index (Phi) is 5.50. The van der Waals surface area contributed by atoms with E-state index in [2.05, 4.69) is 16.4 Å². The number of halogens is 1. The molecule has 0 aliphatic carbocycles. The minimum atomic E-state index is -0.257. The van der Waals surface area contributed by atoms with Gasteiger partial charge < -0.3 is 9.73 Å². The summed E-state index contributed by atoms with van der Waals surface area (Å²) in [7, 11) is 0. The number of aromatic nitrogens is 1. The van der Waals surface area contributed by atoms with Crippen molar-refractivity contribution in [1.82, 2.24) is 4.98 Å². The number of hydrogen-bond donors (Lipinski definition) is 1. The number of fused-ring (bicyclic) bond motifs is 1. The van der Waals surface area contributed by atoms with Crippen LogP contribution in [0, 0.1) is 25.2 Å². The molecule has 2 aromatic carbocycles.